The quantitative estimate of drug-likeness (QED) is 0.899. The van der Waals surface area contributed by atoms with E-state index in [-0.39, 0.29) is 11.8 Å². The minimum Gasteiger partial charge on any atom is -0.339 e. The van der Waals surface area contributed by atoms with Crippen LogP contribution in [0.3, 0.4) is 0 Å². The van der Waals surface area contributed by atoms with Crippen LogP contribution >= 0.6 is 0 Å². The highest BCUT2D eigenvalue weighted by Gasteiger charge is 2.25. The van der Waals surface area contributed by atoms with Gasteiger partial charge in [-0.2, -0.15) is 0 Å². The third kappa shape index (κ3) is 2.42. The molecule has 1 aromatic rings. The summed E-state index contributed by atoms with van der Waals surface area (Å²) in [5.74, 6) is 0.0612. The van der Waals surface area contributed by atoms with E-state index in [1.54, 1.807) is 0 Å². The zero-order valence-electron chi connectivity index (χ0n) is 11.8. The summed E-state index contributed by atoms with van der Waals surface area (Å²) < 4.78 is 0. The molecule has 0 bridgehead atoms. The Hall–Kier alpha value is -1.84. The molecule has 4 heteroatoms. The van der Waals surface area contributed by atoms with Gasteiger partial charge in [-0.15, -0.1) is 0 Å². The van der Waals surface area contributed by atoms with Gasteiger partial charge in [0, 0.05) is 24.3 Å². The molecule has 1 fully saturated rings. The van der Waals surface area contributed by atoms with Gasteiger partial charge >= 0.3 is 0 Å². The maximum atomic E-state index is 12.5. The molecule has 1 aliphatic heterocycles. The van der Waals surface area contributed by atoms with Gasteiger partial charge in [0.1, 0.15) is 0 Å². The Morgan fingerprint density at radius 2 is 2.00 bits per heavy atom. The Morgan fingerprint density at radius 3 is 2.75 bits per heavy atom. The predicted octanol–water partition coefficient (Wildman–Crippen LogP) is 2.59. The zero-order valence-corrected chi connectivity index (χ0v) is 11.8. The highest BCUT2D eigenvalue weighted by atomic mass is 16.2. The van der Waals surface area contributed by atoms with E-state index in [0.29, 0.717) is 18.0 Å². The maximum Gasteiger partial charge on any atom is 0.253 e. The van der Waals surface area contributed by atoms with Crippen LogP contribution in [0.4, 0.5) is 5.69 Å². The highest BCUT2D eigenvalue weighted by Crippen LogP contribution is 2.26. The number of rotatable bonds is 2. The first-order chi connectivity index (χ1) is 9.65. The average molecular weight is 272 g/mol. The predicted molar refractivity (Wildman–Crippen MR) is 77.7 cm³/mol. The van der Waals surface area contributed by atoms with Crippen molar-refractivity contribution in [3.8, 4) is 0 Å². The van der Waals surface area contributed by atoms with Gasteiger partial charge in [0.25, 0.3) is 5.91 Å². The van der Waals surface area contributed by atoms with Gasteiger partial charge in [-0.25, -0.2) is 0 Å². The standard InChI is InChI=1S/C16H20N2O2/c1-18(13-5-3-2-4-6-13)16(20)12-8-7-11-10-15(19)17-14(11)9-12/h7-9,13H,2-6,10H2,1H3,(H,17,19). The third-order valence-electron chi connectivity index (χ3n) is 4.42. The number of fused-ring (bicyclic) bond motifs is 1. The van der Waals surface area contributed by atoms with E-state index in [1.165, 1.54) is 19.3 Å². The van der Waals surface area contributed by atoms with Crippen LogP contribution in [-0.2, 0) is 11.2 Å². The van der Waals surface area contributed by atoms with Crippen molar-refractivity contribution in [3.05, 3.63) is 29.3 Å². The topological polar surface area (TPSA) is 49.4 Å². The summed E-state index contributed by atoms with van der Waals surface area (Å²) >= 11 is 0. The first-order valence-corrected chi connectivity index (χ1v) is 7.35. The molecule has 106 valence electrons. The molecule has 0 radical (unpaired) electrons. The highest BCUT2D eigenvalue weighted by molar-refractivity contribution is 6.02. The van der Waals surface area contributed by atoms with Crippen molar-refractivity contribution in [2.75, 3.05) is 12.4 Å². The SMILES string of the molecule is CN(C(=O)c1ccc2c(c1)NC(=O)C2)C1CCCCC1. The van der Waals surface area contributed by atoms with Crippen LogP contribution in [0.1, 0.15) is 48.0 Å². The molecule has 2 amide bonds. The van der Waals surface area contributed by atoms with Crippen molar-refractivity contribution in [2.45, 2.75) is 44.6 Å². The molecule has 0 atom stereocenters. The molecule has 2 aliphatic rings. The van der Waals surface area contributed by atoms with Crippen LogP contribution in [0.25, 0.3) is 0 Å². The van der Waals surface area contributed by atoms with E-state index in [0.717, 1.165) is 24.1 Å². The summed E-state index contributed by atoms with van der Waals surface area (Å²) in [6, 6.07) is 5.89. The summed E-state index contributed by atoms with van der Waals surface area (Å²) in [5, 5.41) is 2.80. The van der Waals surface area contributed by atoms with E-state index in [4.69, 9.17) is 0 Å². The Kier molecular flexibility index (Phi) is 3.47. The second-order valence-electron chi connectivity index (χ2n) is 5.80. The largest absolute Gasteiger partial charge is 0.339 e. The number of nitrogens with zero attached hydrogens (tertiary/aromatic N) is 1. The van der Waals surface area contributed by atoms with Crippen molar-refractivity contribution in [1.29, 1.82) is 0 Å². The summed E-state index contributed by atoms with van der Waals surface area (Å²) in [5.41, 5.74) is 2.43. The van der Waals surface area contributed by atoms with Crippen molar-refractivity contribution < 1.29 is 9.59 Å². The van der Waals surface area contributed by atoms with E-state index in [1.807, 2.05) is 30.1 Å². The Labute approximate surface area is 119 Å². The molecule has 1 saturated carbocycles. The molecular formula is C16H20N2O2. The van der Waals surface area contributed by atoms with E-state index < -0.39 is 0 Å². The second-order valence-corrected chi connectivity index (χ2v) is 5.80. The number of carbonyl (C=O) groups excluding carboxylic acids is 2. The molecule has 0 spiro atoms. The zero-order chi connectivity index (χ0) is 14.1. The van der Waals surface area contributed by atoms with Gasteiger partial charge in [0.05, 0.1) is 6.42 Å². The Balaban J connectivity index is 1.77. The molecule has 0 saturated heterocycles. The van der Waals surface area contributed by atoms with Gasteiger partial charge in [0.15, 0.2) is 0 Å². The summed E-state index contributed by atoms with van der Waals surface area (Å²) in [7, 11) is 1.89. The molecule has 1 N–H and O–H groups in total. The Bertz CT molecular complexity index is 547. The van der Waals surface area contributed by atoms with Gasteiger partial charge < -0.3 is 10.2 Å². The molecular weight excluding hydrogens is 252 g/mol. The van der Waals surface area contributed by atoms with Crippen LogP contribution < -0.4 is 5.32 Å². The lowest BCUT2D eigenvalue weighted by molar-refractivity contribution is -0.115. The van der Waals surface area contributed by atoms with Crippen LogP contribution in [-0.4, -0.2) is 29.8 Å². The number of nitrogens with one attached hydrogen (secondary N) is 1. The lowest BCUT2D eigenvalue weighted by Gasteiger charge is -2.31. The van der Waals surface area contributed by atoms with Gasteiger partial charge in [-0.3, -0.25) is 9.59 Å². The second kappa shape index (κ2) is 5.27. The number of benzene rings is 1. The lowest BCUT2D eigenvalue weighted by atomic mass is 9.94. The molecule has 0 unspecified atom stereocenters. The molecule has 1 heterocycles. The fourth-order valence-electron chi connectivity index (χ4n) is 3.19. The van der Waals surface area contributed by atoms with Crippen LogP contribution in [0, 0.1) is 0 Å². The van der Waals surface area contributed by atoms with Crippen LogP contribution in [0.2, 0.25) is 0 Å². The lowest BCUT2D eigenvalue weighted by Crippen LogP contribution is -2.38. The number of carbonyl (C=O) groups is 2. The minimum absolute atomic E-state index is 0.00485. The van der Waals surface area contributed by atoms with Gasteiger partial charge in [-0.05, 0) is 30.5 Å². The first-order valence-electron chi connectivity index (χ1n) is 7.35. The van der Waals surface area contributed by atoms with Gasteiger partial charge in [-0.1, -0.05) is 25.3 Å². The molecule has 20 heavy (non-hydrogen) atoms. The van der Waals surface area contributed by atoms with Crippen LogP contribution in [0.15, 0.2) is 18.2 Å². The molecule has 3 rings (SSSR count). The Morgan fingerprint density at radius 1 is 1.25 bits per heavy atom. The van der Waals surface area contributed by atoms with Crippen molar-refractivity contribution in [1.82, 2.24) is 4.90 Å². The normalized spacial score (nSPS) is 18.6. The number of hydrogen-bond acceptors (Lipinski definition) is 2. The van der Waals surface area contributed by atoms with Gasteiger partial charge in [0.2, 0.25) is 5.91 Å². The summed E-state index contributed by atoms with van der Waals surface area (Å²) in [4.78, 5) is 25.8. The monoisotopic (exact) mass is 272 g/mol. The summed E-state index contributed by atoms with van der Waals surface area (Å²) in [6.07, 6.45) is 6.32. The summed E-state index contributed by atoms with van der Waals surface area (Å²) in [6.45, 7) is 0. The van der Waals surface area contributed by atoms with E-state index >= 15 is 0 Å². The van der Waals surface area contributed by atoms with Crippen LogP contribution in [0.5, 0.6) is 0 Å². The van der Waals surface area contributed by atoms with E-state index in [9.17, 15) is 9.59 Å². The number of anilines is 1. The van der Waals surface area contributed by atoms with E-state index in [2.05, 4.69) is 5.32 Å². The van der Waals surface area contributed by atoms with Crippen molar-refractivity contribution in [2.24, 2.45) is 0 Å². The third-order valence-corrected chi connectivity index (χ3v) is 4.42. The number of amides is 2. The fraction of sp³-hybridized carbons (Fsp3) is 0.500. The molecule has 4 nitrogen and oxygen atoms in total. The molecule has 1 aliphatic carbocycles. The minimum atomic E-state index is 0.00485. The van der Waals surface area contributed by atoms with Crippen molar-refractivity contribution in [3.63, 3.8) is 0 Å². The number of hydrogen-bond donors (Lipinski definition) is 1. The maximum absolute atomic E-state index is 12.5. The first kappa shape index (κ1) is 13.2. The fourth-order valence-corrected chi connectivity index (χ4v) is 3.19. The van der Waals surface area contributed by atoms with Crippen molar-refractivity contribution >= 4 is 17.5 Å². The molecule has 0 aromatic heterocycles. The molecule has 1 aromatic carbocycles. The smallest absolute Gasteiger partial charge is 0.253 e. The average Bonchev–Trinajstić information content (AvgIpc) is 2.85.